The molecule has 2 heteroatoms. The predicted octanol–water partition coefficient (Wildman–Crippen LogP) is 0.807. The number of terminal acetylenes is 1. The fourth-order valence-corrected chi connectivity index (χ4v) is 0.197. The van der Waals surface area contributed by atoms with E-state index in [4.69, 9.17) is 6.42 Å². The van der Waals surface area contributed by atoms with Gasteiger partial charge in [0.1, 0.15) is 0 Å². The molecular weight excluding hydrogens is 154 g/mol. The minimum Gasteiger partial charge on any atom is -0.307 e. The van der Waals surface area contributed by atoms with Gasteiger partial charge in [0.05, 0.1) is 6.54 Å². The van der Waals surface area contributed by atoms with E-state index in [1.165, 1.54) is 0 Å². The molecule has 0 spiro atoms. The number of halogens is 1. The molecule has 0 saturated heterocycles. The van der Waals surface area contributed by atoms with Crippen LogP contribution >= 0.6 is 17.0 Å². The molecule has 0 atom stereocenters. The molecule has 0 aromatic heterocycles. The van der Waals surface area contributed by atoms with Crippen LogP contribution in [-0.4, -0.2) is 13.1 Å². The average Bonchev–Trinajstić information content (AvgIpc) is 1.61. The molecule has 0 radical (unpaired) electrons. The van der Waals surface area contributed by atoms with E-state index in [9.17, 15) is 0 Å². The highest BCUT2D eigenvalue weighted by molar-refractivity contribution is 8.93. The Balaban J connectivity index is 0. The van der Waals surface area contributed by atoms with E-state index in [0.717, 1.165) is 6.54 Å². The summed E-state index contributed by atoms with van der Waals surface area (Å²) >= 11 is 0. The lowest BCUT2D eigenvalue weighted by molar-refractivity contribution is 0.811. The maximum absolute atomic E-state index is 4.90. The van der Waals surface area contributed by atoms with Crippen molar-refractivity contribution in [2.45, 2.75) is 6.92 Å². The fourth-order valence-electron chi connectivity index (χ4n) is 0.197. The van der Waals surface area contributed by atoms with E-state index in [0.29, 0.717) is 6.54 Å². The van der Waals surface area contributed by atoms with Crippen LogP contribution in [0.4, 0.5) is 0 Å². The summed E-state index contributed by atoms with van der Waals surface area (Å²) in [6, 6.07) is 0. The Morgan fingerprint density at radius 3 is 2.43 bits per heavy atom. The van der Waals surface area contributed by atoms with Gasteiger partial charge in [0.25, 0.3) is 0 Å². The lowest BCUT2D eigenvalue weighted by atomic mass is 10.6. The number of hydrogen-bond donors (Lipinski definition) is 1. The van der Waals surface area contributed by atoms with Gasteiger partial charge in [-0.2, -0.15) is 0 Å². The molecule has 0 aromatic rings. The lowest BCUT2D eigenvalue weighted by Gasteiger charge is -1.86. The Morgan fingerprint density at radius 2 is 2.29 bits per heavy atom. The summed E-state index contributed by atoms with van der Waals surface area (Å²) in [6.45, 7) is 3.68. The first kappa shape index (κ1) is 10.1. The van der Waals surface area contributed by atoms with Gasteiger partial charge in [-0.15, -0.1) is 23.4 Å². The normalized spacial score (nSPS) is 6.29. The molecule has 0 rings (SSSR count). The van der Waals surface area contributed by atoms with Gasteiger partial charge >= 0.3 is 0 Å². The first-order valence-corrected chi connectivity index (χ1v) is 2.06. The molecule has 0 aliphatic rings. The average molecular weight is 164 g/mol. The Hall–Kier alpha value is 0.00000000000000000694. The lowest BCUT2D eigenvalue weighted by Crippen LogP contribution is -2.11. The molecule has 0 heterocycles. The Morgan fingerprint density at radius 1 is 1.71 bits per heavy atom. The largest absolute Gasteiger partial charge is 0.307 e. The summed E-state index contributed by atoms with van der Waals surface area (Å²) in [6.07, 6.45) is 4.90. The second kappa shape index (κ2) is 9.38. The molecule has 0 aromatic carbocycles. The van der Waals surface area contributed by atoms with Gasteiger partial charge < -0.3 is 5.32 Å². The second-order valence-electron chi connectivity index (χ2n) is 0.984. The summed E-state index contributed by atoms with van der Waals surface area (Å²) in [5.74, 6) is 2.46. The highest BCUT2D eigenvalue weighted by Gasteiger charge is 1.66. The fraction of sp³-hybridized carbons (Fsp3) is 0.600. The van der Waals surface area contributed by atoms with E-state index in [1.54, 1.807) is 0 Å². The zero-order valence-electron chi connectivity index (χ0n) is 4.40. The molecule has 0 fully saturated rings. The summed E-state index contributed by atoms with van der Waals surface area (Å²) in [5.41, 5.74) is 0. The molecule has 0 saturated carbocycles. The van der Waals surface area contributed by atoms with Crippen molar-refractivity contribution in [3.8, 4) is 12.3 Å². The van der Waals surface area contributed by atoms with Gasteiger partial charge in [0.15, 0.2) is 0 Å². The van der Waals surface area contributed by atoms with Gasteiger partial charge in [0, 0.05) is 0 Å². The smallest absolute Gasteiger partial charge is 0.0573 e. The minimum atomic E-state index is 0. The van der Waals surface area contributed by atoms with Crippen LogP contribution in [0.15, 0.2) is 0 Å². The summed E-state index contributed by atoms with van der Waals surface area (Å²) in [7, 11) is 0. The second-order valence-corrected chi connectivity index (χ2v) is 0.984. The molecular formula is C5H10BrN. The van der Waals surface area contributed by atoms with Crippen LogP contribution in [0.5, 0.6) is 0 Å². The Bertz CT molecular complexity index is 55.6. The minimum absolute atomic E-state index is 0. The van der Waals surface area contributed by atoms with Gasteiger partial charge in [-0.05, 0) is 6.54 Å². The molecule has 0 aliphatic carbocycles. The molecule has 0 amide bonds. The van der Waals surface area contributed by atoms with Crippen LogP contribution < -0.4 is 5.32 Å². The predicted molar refractivity (Wildman–Crippen MR) is 37.7 cm³/mol. The number of nitrogens with one attached hydrogen (secondary N) is 1. The highest BCUT2D eigenvalue weighted by atomic mass is 79.9. The number of rotatable bonds is 2. The van der Waals surface area contributed by atoms with Gasteiger partial charge in [-0.1, -0.05) is 12.8 Å². The van der Waals surface area contributed by atoms with Crippen molar-refractivity contribution in [1.82, 2.24) is 5.32 Å². The zero-order valence-corrected chi connectivity index (χ0v) is 6.11. The van der Waals surface area contributed by atoms with E-state index in [1.807, 2.05) is 6.92 Å². The molecule has 0 unspecified atom stereocenters. The maximum atomic E-state index is 4.90. The molecule has 0 aliphatic heterocycles. The molecule has 1 nitrogen and oxygen atoms in total. The van der Waals surface area contributed by atoms with Crippen LogP contribution in [0.3, 0.4) is 0 Å². The monoisotopic (exact) mass is 163 g/mol. The summed E-state index contributed by atoms with van der Waals surface area (Å²) in [5, 5.41) is 2.96. The van der Waals surface area contributed by atoms with Crippen molar-refractivity contribution in [2.24, 2.45) is 0 Å². The third kappa shape index (κ3) is 10.7. The van der Waals surface area contributed by atoms with Crippen molar-refractivity contribution in [3.05, 3.63) is 0 Å². The van der Waals surface area contributed by atoms with E-state index in [2.05, 4.69) is 11.2 Å². The van der Waals surface area contributed by atoms with Gasteiger partial charge in [-0.3, -0.25) is 0 Å². The van der Waals surface area contributed by atoms with Crippen molar-refractivity contribution < 1.29 is 0 Å². The van der Waals surface area contributed by atoms with Crippen LogP contribution in [0.25, 0.3) is 0 Å². The number of hydrogen-bond acceptors (Lipinski definition) is 1. The van der Waals surface area contributed by atoms with E-state index in [-0.39, 0.29) is 17.0 Å². The van der Waals surface area contributed by atoms with Crippen molar-refractivity contribution in [3.63, 3.8) is 0 Å². The van der Waals surface area contributed by atoms with Gasteiger partial charge in [-0.25, -0.2) is 0 Å². The Labute approximate surface area is 55.3 Å². The van der Waals surface area contributed by atoms with Crippen molar-refractivity contribution in [1.29, 1.82) is 0 Å². The topological polar surface area (TPSA) is 12.0 Å². The third-order valence-electron chi connectivity index (χ3n) is 0.477. The van der Waals surface area contributed by atoms with E-state index >= 15 is 0 Å². The van der Waals surface area contributed by atoms with Crippen LogP contribution in [0, 0.1) is 12.3 Å². The molecule has 0 bridgehead atoms. The van der Waals surface area contributed by atoms with Crippen LogP contribution in [0.2, 0.25) is 0 Å². The molecule has 1 N–H and O–H groups in total. The first-order chi connectivity index (χ1) is 2.91. The van der Waals surface area contributed by atoms with Gasteiger partial charge in [0.2, 0.25) is 0 Å². The van der Waals surface area contributed by atoms with Crippen LogP contribution in [-0.2, 0) is 0 Å². The third-order valence-corrected chi connectivity index (χ3v) is 0.477. The summed E-state index contributed by atoms with van der Waals surface area (Å²) in [4.78, 5) is 0. The summed E-state index contributed by atoms with van der Waals surface area (Å²) < 4.78 is 0. The first-order valence-electron chi connectivity index (χ1n) is 2.06. The quantitative estimate of drug-likeness (QED) is 0.470. The Kier molecular flexibility index (Phi) is 13.5. The molecule has 7 heavy (non-hydrogen) atoms. The maximum Gasteiger partial charge on any atom is 0.0573 e. The SMILES string of the molecule is Br.C#CCNCC. The van der Waals surface area contributed by atoms with Crippen molar-refractivity contribution in [2.75, 3.05) is 13.1 Å². The zero-order chi connectivity index (χ0) is 4.83. The van der Waals surface area contributed by atoms with Crippen molar-refractivity contribution >= 4 is 17.0 Å². The molecule has 42 valence electrons. The highest BCUT2D eigenvalue weighted by Crippen LogP contribution is 1.48. The van der Waals surface area contributed by atoms with Crippen LogP contribution in [0.1, 0.15) is 6.92 Å². The van der Waals surface area contributed by atoms with E-state index < -0.39 is 0 Å². The standard InChI is InChI=1S/C5H9N.BrH/c1-3-5-6-4-2;/h1,6H,4-5H2,2H3;1H.